The normalized spacial score (nSPS) is 10.4. The summed E-state index contributed by atoms with van der Waals surface area (Å²) in [6, 6.07) is 5.82. The van der Waals surface area contributed by atoms with Crippen LogP contribution in [0.3, 0.4) is 0 Å². The molecule has 2 heterocycles. The molecule has 2 nitrogen and oxygen atoms in total. The highest BCUT2D eigenvalue weighted by Crippen LogP contribution is 2.26. The summed E-state index contributed by atoms with van der Waals surface area (Å²) in [5.74, 6) is 0. The molecule has 0 aliphatic heterocycles. The van der Waals surface area contributed by atoms with Gasteiger partial charge in [0.1, 0.15) is 0 Å². The Balaban J connectivity index is 2.07. The second-order valence-electron chi connectivity index (χ2n) is 3.39. The zero-order valence-corrected chi connectivity index (χ0v) is 11.0. The third kappa shape index (κ3) is 2.64. The standard InChI is InChI=1S/C11H10ClNOS2/c1-13(5-9-2-3-11(12)16-9)8-4-10(6-14)15-7-8/h2-4,6-7H,5H2,1H3. The molecule has 0 amide bonds. The number of rotatable bonds is 4. The molecule has 16 heavy (non-hydrogen) atoms. The Morgan fingerprint density at radius 1 is 1.50 bits per heavy atom. The average Bonchev–Trinajstić information content (AvgIpc) is 2.87. The van der Waals surface area contributed by atoms with E-state index in [2.05, 4.69) is 4.90 Å². The lowest BCUT2D eigenvalue weighted by atomic mass is 10.3. The zero-order chi connectivity index (χ0) is 11.5. The SMILES string of the molecule is CN(Cc1ccc(Cl)s1)c1csc(C=O)c1. The molecule has 5 heteroatoms. The second kappa shape index (κ2) is 4.99. The fourth-order valence-corrected chi connectivity index (χ4v) is 3.26. The number of carbonyl (C=O) groups is 1. The van der Waals surface area contributed by atoms with Crippen LogP contribution in [0.1, 0.15) is 14.5 Å². The van der Waals surface area contributed by atoms with E-state index in [0.29, 0.717) is 0 Å². The van der Waals surface area contributed by atoms with Crippen molar-refractivity contribution >= 4 is 46.2 Å². The molecule has 2 aromatic heterocycles. The van der Waals surface area contributed by atoms with Crippen LogP contribution in [0.5, 0.6) is 0 Å². The summed E-state index contributed by atoms with van der Waals surface area (Å²) in [5, 5.41) is 1.99. The molecule has 0 N–H and O–H groups in total. The number of nitrogens with zero attached hydrogens (tertiary/aromatic N) is 1. The minimum atomic E-state index is 0.756. The van der Waals surface area contributed by atoms with Crippen molar-refractivity contribution in [3.05, 3.63) is 37.7 Å². The highest BCUT2D eigenvalue weighted by Gasteiger charge is 2.06. The van der Waals surface area contributed by atoms with Crippen LogP contribution in [0.4, 0.5) is 5.69 Å². The molecule has 2 rings (SSSR count). The van der Waals surface area contributed by atoms with Gasteiger partial charge >= 0.3 is 0 Å². The predicted octanol–water partition coefficient (Wildman–Crippen LogP) is 3.91. The Kier molecular flexibility index (Phi) is 3.63. The molecule has 0 aliphatic rings. The Morgan fingerprint density at radius 2 is 2.31 bits per heavy atom. The molecule has 0 saturated heterocycles. The predicted molar refractivity (Wildman–Crippen MR) is 71.1 cm³/mol. The maximum atomic E-state index is 10.6. The van der Waals surface area contributed by atoms with Crippen molar-refractivity contribution in [2.75, 3.05) is 11.9 Å². The van der Waals surface area contributed by atoms with Crippen LogP contribution in [0, 0.1) is 0 Å². The molecule has 0 aliphatic carbocycles. The molecule has 0 atom stereocenters. The Bertz CT molecular complexity index is 492. The van der Waals surface area contributed by atoms with Crippen molar-refractivity contribution in [2.24, 2.45) is 0 Å². The van der Waals surface area contributed by atoms with Crippen LogP contribution in [-0.2, 0) is 6.54 Å². The molecule has 0 fully saturated rings. The van der Waals surface area contributed by atoms with Gasteiger partial charge < -0.3 is 4.90 Å². The molecule has 0 unspecified atom stereocenters. The molecular formula is C11H10ClNOS2. The van der Waals surface area contributed by atoms with Crippen molar-refractivity contribution in [1.82, 2.24) is 0 Å². The van der Waals surface area contributed by atoms with Crippen LogP contribution in [0.25, 0.3) is 0 Å². The molecule has 84 valence electrons. The number of hydrogen-bond donors (Lipinski definition) is 0. The van der Waals surface area contributed by atoms with E-state index in [4.69, 9.17) is 11.6 Å². The van der Waals surface area contributed by atoms with Gasteiger partial charge in [0.15, 0.2) is 6.29 Å². The first kappa shape index (κ1) is 11.6. The highest BCUT2D eigenvalue weighted by atomic mass is 35.5. The molecule has 0 saturated carbocycles. The van der Waals surface area contributed by atoms with Gasteiger partial charge in [-0.25, -0.2) is 0 Å². The molecular weight excluding hydrogens is 262 g/mol. The summed E-state index contributed by atoms with van der Waals surface area (Å²) in [6.07, 6.45) is 0.879. The number of thiophene rings is 2. The van der Waals surface area contributed by atoms with Crippen LogP contribution in [-0.4, -0.2) is 13.3 Å². The van der Waals surface area contributed by atoms with Gasteiger partial charge in [0, 0.05) is 23.0 Å². The third-order valence-electron chi connectivity index (χ3n) is 2.18. The van der Waals surface area contributed by atoms with E-state index in [1.165, 1.54) is 16.2 Å². The summed E-state index contributed by atoms with van der Waals surface area (Å²) >= 11 is 8.91. The maximum Gasteiger partial charge on any atom is 0.160 e. The number of aldehydes is 1. The lowest BCUT2D eigenvalue weighted by Crippen LogP contribution is -2.14. The van der Waals surface area contributed by atoms with Crippen molar-refractivity contribution in [3.63, 3.8) is 0 Å². The van der Waals surface area contributed by atoms with Gasteiger partial charge in [0.05, 0.1) is 15.8 Å². The monoisotopic (exact) mass is 271 g/mol. The van der Waals surface area contributed by atoms with E-state index >= 15 is 0 Å². The van der Waals surface area contributed by atoms with E-state index in [1.807, 2.05) is 30.6 Å². The van der Waals surface area contributed by atoms with Crippen LogP contribution in [0.15, 0.2) is 23.6 Å². The summed E-state index contributed by atoms with van der Waals surface area (Å²) in [6.45, 7) is 0.812. The third-order valence-corrected chi connectivity index (χ3v) is 4.25. The molecule has 0 bridgehead atoms. The highest BCUT2D eigenvalue weighted by molar-refractivity contribution is 7.16. The molecule has 0 aromatic carbocycles. The summed E-state index contributed by atoms with van der Waals surface area (Å²) < 4.78 is 0.808. The Hall–Kier alpha value is -0.840. The Morgan fingerprint density at radius 3 is 2.88 bits per heavy atom. The van der Waals surface area contributed by atoms with Gasteiger partial charge in [0.25, 0.3) is 0 Å². The minimum Gasteiger partial charge on any atom is -0.369 e. The van der Waals surface area contributed by atoms with Crippen LogP contribution < -0.4 is 4.90 Å². The fraction of sp³-hybridized carbons (Fsp3) is 0.182. The number of halogens is 1. The van der Waals surface area contributed by atoms with Gasteiger partial charge in [-0.1, -0.05) is 11.6 Å². The minimum absolute atomic E-state index is 0.756. The van der Waals surface area contributed by atoms with E-state index in [-0.39, 0.29) is 0 Å². The van der Waals surface area contributed by atoms with Gasteiger partial charge in [-0.15, -0.1) is 22.7 Å². The summed E-state index contributed by atoms with van der Waals surface area (Å²) in [4.78, 5) is 14.7. The van der Waals surface area contributed by atoms with Crippen molar-refractivity contribution in [3.8, 4) is 0 Å². The zero-order valence-electron chi connectivity index (χ0n) is 8.64. The Labute approximate surface area is 107 Å². The first-order valence-corrected chi connectivity index (χ1v) is 6.75. The number of anilines is 1. The second-order valence-corrected chi connectivity index (χ2v) is 6.13. The summed E-state index contributed by atoms with van der Waals surface area (Å²) in [7, 11) is 2.00. The summed E-state index contributed by atoms with van der Waals surface area (Å²) in [5.41, 5.74) is 1.07. The van der Waals surface area contributed by atoms with Crippen molar-refractivity contribution in [1.29, 1.82) is 0 Å². The van der Waals surface area contributed by atoms with Gasteiger partial charge in [0.2, 0.25) is 0 Å². The van der Waals surface area contributed by atoms with Gasteiger partial charge in [-0.05, 0) is 18.2 Å². The van der Waals surface area contributed by atoms with Crippen molar-refractivity contribution in [2.45, 2.75) is 6.54 Å². The van der Waals surface area contributed by atoms with Crippen LogP contribution >= 0.6 is 34.3 Å². The largest absolute Gasteiger partial charge is 0.369 e. The molecule has 2 aromatic rings. The van der Waals surface area contributed by atoms with E-state index in [1.54, 1.807) is 11.3 Å². The van der Waals surface area contributed by atoms with Gasteiger partial charge in [-0.2, -0.15) is 0 Å². The van der Waals surface area contributed by atoms with E-state index in [0.717, 1.165) is 27.7 Å². The number of carbonyl (C=O) groups excluding carboxylic acids is 1. The average molecular weight is 272 g/mol. The number of hydrogen-bond acceptors (Lipinski definition) is 4. The first-order chi connectivity index (χ1) is 7.69. The quantitative estimate of drug-likeness (QED) is 0.786. The molecule has 0 spiro atoms. The fourth-order valence-electron chi connectivity index (χ4n) is 1.37. The van der Waals surface area contributed by atoms with Crippen LogP contribution in [0.2, 0.25) is 4.34 Å². The van der Waals surface area contributed by atoms with Crippen molar-refractivity contribution < 1.29 is 4.79 Å². The lowest BCUT2D eigenvalue weighted by Gasteiger charge is -2.15. The lowest BCUT2D eigenvalue weighted by molar-refractivity contribution is 0.112. The van der Waals surface area contributed by atoms with E-state index < -0.39 is 0 Å². The van der Waals surface area contributed by atoms with E-state index in [9.17, 15) is 4.79 Å². The molecule has 0 radical (unpaired) electrons. The first-order valence-electron chi connectivity index (χ1n) is 4.68. The maximum absolute atomic E-state index is 10.6. The topological polar surface area (TPSA) is 20.3 Å². The smallest absolute Gasteiger partial charge is 0.160 e. The van der Waals surface area contributed by atoms with Gasteiger partial charge in [-0.3, -0.25) is 4.79 Å².